The second-order valence-corrected chi connectivity index (χ2v) is 7.42. The third-order valence-electron chi connectivity index (χ3n) is 3.55. The van der Waals surface area contributed by atoms with Gasteiger partial charge in [0, 0.05) is 18.8 Å². The fourth-order valence-electron chi connectivity index (χ4n) is 2.48. The highest BCUT2D eigenvalue weighted by Crippen LogP contribution is 2.25. The minimum absolute atomic E-state index is 0.203. The number of nitrogens with one attached hydrogen (secondary N) is 1. The zero-order chi connectivity index (χ0) is 13.9. The van der Waals surface area contributed by atoms with Crippen molar-refractivity contribution in [2.45, 2.75) is 25.3 Å². The van der Waals surface area contributed by atoms with Crippen molar-refractivity contribution >= 4 is 9.84 Å². The number of fused-ring (bicyclic) bond motifs is 1. The number of sulfone groups is 1. The molecule has 0 bridgehead atoms. The molecule has 0 aliphatic heterocycles. The standard InChI is InChI=1S/C14H21NO3S/c1-18-14-6-4-11-3-5-13(9-12(11)10-14)15-7-8-19(2,16)17/h4,6,10,13,15H,3,5,7-9H2,1-2H3. The van der Waals surface area contributed by atoms with Gasteiger partial charge in [0.1, 0.15) is 15.6 Å². The van der Waals surface area contributed by atoms with Crippen LogP contribution in [0.3, 0.4) is 0 Å². The fourth-order valence-corrected chi connectivity index (χ4v) is 2.97. The van der Waals surface area contributed by atoms with Crippen LogP contribution in [-0.2, 0) is 22.7 Å². The van der Waals surface area contributed by atoms with Gasteiger partial charge in [-0.25, -0.2) is 8.42 Å². The maximum Gasteiger partial charge on any atom is 0.148 e. The van der Waals surface area contributed by atoms with Gasteiger partial charge in [-0.15, -0.1) is 0 Å². The van der Waals surface area contributed by atoms with Gasteiger partial charge >= 0.3 is 0 Å². The van der Waals surface area contributed by atoms with E-state index in [1.807, 2.05) is 6.07 Å². The normalized spacial score (nSPS) is 18.9. The van der Waals surface area contributed by atoms with Crippen LogP contribution in [0.15, 0.2) is 18.2 Å². The second-order valence-electron chi connectivity index (χ2n) is 5.16. The molecule has 1 unspecified atom stereocenters. The molecule has 1 aromatic carbocycles. The van der Waals surface area contributed by atoms with Crippen molar-refractivity contribution < 1.29 is 13.2 Å². The maximum atomic E-state index is 11.1. The molecule has 0 saturated heterocycles. The first-order valence-corrected chi connectivity index (χ1v) is 8.61. The Kier molecular flexibility index (Phi) is 4.47. The van der Waals surface area contributed by atoms with Crippen molar-refractivity contribution in [1.29, 1.82) is 0 Å². The van der Waals surface area contributed by atoms with Gasteiger partial charge in [0.25, 0.3) is 0 Å². The van der Waals surface area contributed by atoms with E-state index in [1.165, 1.54) is 17.4 Å². The Morgan fingerprint density at radius 1 is 1.37 bits per heavy atom. The smallest absolute Gasteiger partial charge is 0.148 e. The molecule has 1 aliphatic carbocycles. The van der Waals surface area contributed by atoms with E-state index in [4.69, 9.17) is 4.74 Å². The molecular formula is C14H21NO3S. The van der Waals surface area contributed by atoms with Gasteiger partial charge in [0.05, 0.1) is 12.9 Å². The molecule has 0 heterocycles. The second kappa shape index (κ2) is 5.92. The quantitative estimate of drug-likeness (QED) is 0.882. The van der Waals surface area contributed by atoms with Gasteiger partial charge in [0.2, 0.25) is 0 Å². The third-order valence-corrected chi connectivity index (χ3v) is 4.49. The summed E-state index contributed by atoms with van der Waals surface area (Å²) in [6.07, 6.45) is 4.31. The van der Waals surface area contributed by atoms with E-state index >= 15 is 0 Å². The summed E-state index contributed by atoms with van der Waals surface area (Å²) in [6.45, 7) is 0.531. The molecule has 1 aliphatic rings. The van der Waals surface area contributed by atoms with E-state index in [2.05, 4.69) is 17.4 Å². The van der Waals surface area contributed by atoms with Crippen LogP contribution < -0.4 is 10.1 Å². The van der Waals surface area contributed by atoms with Crippen molar-refractivity contribution in [3.8, 4) is 5.75 Å². The molecule has 1 N–H and O–H groups in total. The first kappa shape index (κ1) is 14.3. The molecule has 0 amide bonds. The predicted molar refractivity (Wildman–Crippen MR) is 76.5 cm³/mol. The average molecular weight is 283 g/mol. The van der Waals surface area contributed by atoms with Gasteiger partial charge in [0.15, 0.2) is 0 Å². The van der Waals surface area contributed by atoms with Crippen molar-refractivity contribution in [2.75, 3.05) is 25.7 Å². The van der Waals surface area contributed by atoms with Crippen LogP contribution in [-0.4, -0.2) is 40.1 Å². The SMILES string of the molecule is COc1ccc2c(c1)CC(NCCS(C)(=O)=O)CC2. The number of benzene rings is 1. The summed E-state index contributed by atoms with van der Waals surface area (Å²) in [4.78, 5) is 0. The molecule has 106 valence electrons. The van der Waals surface area contributed by atoms with Gasteiger partial charge in [-0.05, 0) is 42.5 Å². The van der Waals surface area contributed by atoms with E-state index in [9.17, 15) is 8.42 Å². The Labute approximate surface area is 115 Å². The zero-order valence-corrected chi connectivity index (χ0v) is 12.3. The Balaban J connectivity index is 1.93. The van der Waals surface area contributed by atoms with Crippen LogP contribution in [0, 0.1) is 0 Å². The lowest BCUT2D eigenvalue weighted by molar-refractivity contribution is 0.411. The minimum Gasteiger partial charge on any atom is -0.497 e. The van der Waals surface area contributed by atoms with Crippen molar-refractivity contribution in [3.05, 3.63) is 29.3 Å². The molecule has 4 nitrogen and oxygen atoms in total. The predicted octanol–water partition coefficient (Wildman–Crippen LogP) is 1.19. The molecule has 2 rings (SSSR count). The molecule has 0 radical (unpaired) electrons. The monoisotopic (exact) mass is 283 g/mol. The lowest BCUT2D eigenvalue weighted by Crippen LogP contribution is -2.37. The summed E-state index contributed by atoms with van der Waals surface area (Å²) in [5.74, 6) is 1.09. The summed E-state index contributed by atoms with van der Waals surface area (Å²) in [7, 11) is -1.21. The molecule has 1 aromatic rings. The molecular weight excluding hydrogens is 262 g/mol. The fraction of sp³-hybridized carbons (Fsp3) is 0.571. The highest BCUT2D eigenvalue weighted by atomic mass is 32.2. The topological polar surface area (TPSA) is 55.4 Å². The molecule has 0 spiro atoms. The number of hydrogen-bond donors (Lipinski definition) is 1. The number of rotatable bonds is 5. The summed E-state index contributed by atoms with van der Waals surface area (Å²) in [5, 5.41) is 3.34. The van der Waals surface area contributed by atoms with Gasteiger partial charge in [-0.2, -0.15) is 0 Å². The van der Waals surface area contributed by atoms with Crippen LogP contribution in [0.4, 0.5) is 0 Å². The molecule has 19 heavy (non-hydrogen) atoms. The number of methoxy groups -OCH3 is 1. The van der Waals surface area contributed by atoms with Gasteiger partial charge in [-0.1, -0.05) is 6.07 Å². The van der Waals surface area contributed by atoms with Crippen molar-refractivity contribution in [2.24, 2.45) is 0 Å². The summed E-state index contributed by atoms with van der Waals surface area (Å²) in [6, 6.07) is 6.57. The van der Waals surface area contributed by atoms with Crippen LogP contribution >= 0.6 is 0 Å². The van der Waals surface area contributed by atoms with Crippen LogP contribution in [0.25, 0.3) is 0 Å². The van der Waals surface area contributed by atoms with Crippen LogP contribution in [0.1, 0.15) is 17.5 Å². The Hall–Kier alpha value is -1.07. The van der Waals surface area contributed by atoms with E-state index in [0.29, 0.717) is 12.6 Å². The number of aryl methyl sites for hydroxylation is 1. The van der Waals surface area contributed by atoms with Crippen molar-refractivity contribution in [3.63, 3.8) is 0 Å². The van der Waals surface area contributed by atoms with E-state index in [0.717, 1.165) is 25.0 Å². The third kappa shape index (κ3) is 4.21. The number of ether oxygens (including phenoxy) is 1. The van der Waals surface area contributed by atoms with E-state index < -0.39 is 9.84 Å². The number of hydrogen-bond acceptors (Lipinski definition) is 4. The first-order valence-electron chi connectivity index (χ1n) is 6.55. The Morgan fingerprint density at radius 3 is 2.84 bits per heavy atom. The minimum atomic E-state index is -2.88. The van der Waals surface area contributed by atoms with Crippen LogP contribution in [0.2, 0.25) is 0 Å². The molecule has 0 fully saturated rings. The Morgan fingerprint density at radius 2 is 2.16 bits per heavy atom. The first-order chi connectivity index (χ1) is 8.98. The molecule has 0 saturated carbocycles. The Bertz CT molecular complexity index is 540. The zero-order valence-electron chi connectivity index (χ0n) is 11.5. The highest BCUT2D eigenvalue weighted by molar-refractivity contribution is 7.90. The van der Waals surface area contributed by atoms with Crippen molar-refractivity contribution in [1.82, 2.24) is 5.32 Å². The van der Waals surface area contributed by atoms with E-state index in [1.54, 1.807) is 7.11 Å². The van der Waals surface area contributed by atoms with Gasteiger partial charge in [-0.3, -0.25) is 0 Å². The maximum absolute atomic E-state index is 11.1. The summed E-state index contributed by atoms with van der Waals surface area (Å²) >= 11 is 0. The van der Waals surface area contributed by atoms with Gasteiger partial charge < -0.3 is 10.1 Å². The van der Waals surface area contributed by atoms with Crippen LogP contribution in [0.5, 0.6) is 5.75 Å². The average Bonchev–Trinajstić information content (AvgIpc) is 2.36. The lowest BCUT2D eigenvalue weighted by Gasteiger charge is -2.26. The lowest BCUT2D eigenvalue weighted by atomic mass is 9.88. The molecule has 1 atom stereocenters. The molecule has 0 aromatic heterocycles. The highest BCUT2D eigenvalue weighted by Gasteiger charge is 2.18. The van der Waals surface area contributed by atoms with E-state index in [-0.39, 0.29) is 5.75 Å². The largest absolute Gasteiger partial charge is 0.497 e. The summed E-state index contributed by atoms with van der Waals surface area (Å²) < 4.78 is 27.4. The summed E-state index contributed by atoms with van der Waals surface area (Å²) in [5.41, 5.74) is 2.68. The molecule has 5 heteroatoms.